The molecule has 9 nitrogen and oxygen atoms in total. The number of carbonyl (C=O) groups is 2. The number of amides is 3. The van der Waals surface area contributed by atoms with E-state index in [2.05, 4.69) is 5.32 Å². The second kappa shape index (κ2) is 8.38. The van der Waals surface area contributed by atoms with Crippen LogP contribution in [0.5, 0.6) is 5.75 Å². The Morgan fingerprint density at radius 1 is 1.03 bits per heavy atom. The Kier molecular flexibility index (Phi) is 5.46. The lowest BCUT2D eigenvalue weighted by Crippen LogP contribution is -2.30. The lowest BCUT2D eigenvalue weighted by atomic mass is 10.2. The van der Waals surface area contributed by atoms with Gasteiger partial charge in [0.15, 0.2) is 0 Å². The van der Waals surface area contributed by atoms with Crippen LogP contribution in [-0.2, 0) is 11.3 Å². The highest BCUT2D eigenvalue weighted by atomic mass is 16.6. The van der Waals surface area contributed by atoms with Crippen molar-refractivity contribution in [1.29, 1.82) is 0 Å². The van der Waals surface area contributed by atoms with Crippen molar-refractivity contribution >= 4 is 23.7 Å². The highest BCUT2D eigenvalue weighted by molar-refractivity contribution is 6.13. The highest BCUT2D eigenvalue weighted by Crippen LogP contribution is 2.23. The maximum absolute atomic E-state index is 12.9. The van der Waals surface area contributed by atoms with E-state index in [0.717, 1.165) is 27.7 Å². The van der Waals surface area contributed by atoms with E-state index in [0.29, 0.717) is 5.56 Å². The van der Waals surface area contributed by atoms with Crippen LogP contribution in [-0.4, -0.2) is 33.4 Å². The Morgan fingerprint density at radius 3 is 2.34 bits per heavy atom. The van der Waals surface area contributed by atoms with Gasteiger partial charge in [-0.2, -0.15) is 0 Å². The van der Waals surface area contributed by atoms with Crippen LogP contribution in [0.2, 0.25) is 0 Å². The van der Waals surface area contributed by atoms with Crippen molar-refractivity contribution in [1.82, 2.24) is 14.8 Å². The summed E-state index contributed by atoms with van der Waals surface area (Å²) >= 11 is 0. The molecule has 9 heteroatoms. The average Bonchev–Trinajstić information content (AvgIpc) is 3.28. The van der Waals surface area contributed by atoms with Gasteiger partial charge >= 0.3 is 6.03 Å². The SMILES string of the molecule is COc1ccc(-n2c(C)ccc2/C=C2\NC(=O)N(Cc3ccc([N+](=O)[O-])cc3)C2=O)cc1. The van der Waals surface area contributed by atoms with Gasteiger partial charge in [-0.15, -0.1) is 0 Å². The number of ether oxygens (including phenoxy) is 1. The van der Waals surface area contributed by atoms with Gasteiger partial charge in [0, 0.05) is 29.2 Å². The Bertz CT molecular complexity index is 1230. The van der Waals surface area contributed by atoms with Crippen molar-refractivity contribution in [3.8, 4) is 11.4 Å². The van der Waals surface area contributed by atoms with Gasteiger partial charge in [0.25, 0.3) is 11.6 Å². The zero-order chi connectivity index (χ0) is 22.8. The number of nitro groups is 1. The van der Waals surface area contributed by atoms with Crippen molar-refractivity contribution < 1.29 is 19.2 Å². The van der Waals surface area contributed by atoms with E-state index in [9.17, 15) is 19.7 Å². The predicted molar refractivity (Wildman–Crippen MR) is 117 cm³/mol. The van der Waals surface area contributed by atoms with Crippen molar-refractivity contribution in [2.75, 3.05) is 7.11 Å². The van der Waals surface area contributed by atoms with Gasteiger partial charge < -0.3 is 14.6 Å². The first kappa shape index (κ1) is 20.9. The molecule has 0 aliphatic carbocycles. The summed E-state index contributed by atoms with van der Waals surface area (Å²) in [5.74, 6) is 0.270. The zero-order valence-electron chi connectivity index (χ0n) is 17.4. The molecule has 0 radical (unpaired) electrons. The van der Waals surface area contributed by atoms with Crippen LogP contribution in [0.25, 0.3) is 11.8 Å². The molecule has 1 N–H and O–H groups in total. The molecule has 2 aromatic carbocycles. The van der Waals surface area contributed by atoms with E-state index in [1.165, 1.54) is 24.3 Å². The summed E-state index contributed by atoms with van der Waals surface area (Å²) in [4.78, 5) is 36.7. The summed E-state index contributed by atoms with van der Waals surface area (Å²) in [5.41, 5.74) is 3.29. The number of imide groups is 1. The van der Waals surface area contributed by atoms with Gasteiger partial charge in [-0.1, -0.05) is 12.1 Å². The molecule has 4 rings (SSSR count). The second-order valence-electron chi connectivity index (χ2n) is 7.24. The van der Waals surface area contributed by atoms with Crippen molar-refractivity contribution in [3.05, 3.63) is 93.4 Å². The normalized spacial score (nSPS) is 14.7. The van der Waals surface area contributed by atoms with Crippen LogP contribution >= 0.6 is 0 Å². The molecule has 0 bridgehead atoms. The number of nitro benzene ring substituents is 1. The molecular formula is C23H20N4O5. The third-order valence-electron chi connectivity index (χ3n) is 5.18. The van der Waals surface area contributed by atoms with Crippen LogP contribution < -0.4 is 10.1 Å². The molecule has 0 saturated carbocycles. The number of urea groups is 1. The molecule has 1 aromatic heterocycles. The van der Waals surface area contributed by atoms with Crippen molar-refractivity contribution in [2.24, 2.45) is 0 Å². The summed E-state index contributed by atoms with van der Waals surface area (Å²) in [7, 11) is 1.60. The second-order valence-corrected chi connectivity index (χ2v) is 7.24. The summed E-state index contributed by atoms with van der Waals surface area (Å²) in [6.07, 6.45) is 1.63. The van der Waals surface area contributed by atoms with Crippen LogP contribution in [0.15, 0.2) is 66.4 Å². The zero-order valence-corrected chi connectivity index (χ0v) is 17.4. The molecule has 0 spiro atoms. The fourth-order valence-corrected chi connectivity index (χ4v) is 3.52. The fraction of sp³-hybridized carbons (Fsp3) is 0.130. The Balaban J connectivity index is 1.58. The highest BCUT2D eigenvalue weighted by Gasteiger charge is 2.33. The number of methoxy groups -OCH3 is 1. The summed E-state index contributed by atoms with van der Waals surface area (Å²) in [5, 5.41) is 13.4. The van der Waals surface area contributed by atoms with Crippen LogP contribution in [0, 0.1) is 17.0 Å². The van der Waals surface area contributed by atoms with Crippen LogP contribution in [0.1, 0.15) is 17.0 Å². The molecule has 162 valence electrons. The number of aryl methyl sites for hydroxylation is 1. The van der Waals surface area contributed by atoms with Gasteiger partial charge in [-0.3, -0.25) is 19.8 Å². The van der Waals surface area contributed by atoms with E-state index >= 15 is 0 Å². The van der Waals surface area contributed by atoms with E-state index in [1.54, 1.807) is 13.2 Å². The van der Waals surface area contributed by atoms with E-state index in [4.69, 9.17) is 4.74 Å². The lowest BCUT2D eigenvalue weighted by molar-refractivity contribution is -0.384. The topological polar surface area (TPSA) is 107 Å². The minimum absolute atomic E-state index is 0.0124. The molecule has 3 aromatic rings. The number of hydrogen-bond acceptors (Lipinski definition) is 5. The minimum Gasteiger partial charge on any atom is -0.497 e. The number of non-ortho nitro benzene ring substituents is 1. The van der Waals surface area contributed by atoms with Gasteiger partial charge in [0.2, 0.25) is 0 Å². The summed E-state index contributed by atoms with van der Waals surface area (Å²) in [6.45, 7) is 1.96. The monoisotopic (exact) mass is 432 g/mol. The number of hydrogen-bond donors (Lipinski definition) is 1. The third-order valence-corrected chi connectivity index (χ3v) is 5.18. The average molecular weight is 432 g/mol. The molecule has 1 aliphatic heterocycles. The number of nitrogens with zero attached hydrogens (tertiary/aromatic N) is 3. The molecular weight excluding hydrogens is 412 g/mol. The molecule has 2 heterocycles. The minimum atomic E-state index is -0.543. The van der Waals surface area contributed by atoms with E-state index < -0.39 is 16.9 Å². The summed E-state index contributed by atoms with van der Waals surface area (Å²) < 4.78 is 7.17. The molecule has 1 aliphatic rings. The van der Waals surface area contributed by atoms with Crippen molar-refractivity contribution in [2.45, 2.75) is 13.5 Å². The predicted octanol–water partition coefficient (Wildman–Crippen LogP) is 3.80. The van der Waals surface area contributed by atoms with Crippen LogP contribution in [0.4, 0.5) is 10.5 Å². The number of aromatic nitrogens is 1. The summed E-state index contributed by atoms with van der Waals surface area (Å²) in [6, 6.07) is 16.5. The van der Waals surface area contributed by atoms with Gasteiger partial charge in [-0.05, 0) is 55.0 Å². The lowest BCUT2D eigenvalue weighted by Gasteiger charge is -2.12. The van der Waals surface area contributed by atoms with Gasteiger partial charge in [0.1, 0.15) is 11.4 Å². The molecule has 32 heavy (non-hydrogen) atoms. The smallest absolute Gasteiger partial charge is 0.329 e. The number of nitrogens with one attached hydrogen (secondary N) is 1. The van der Waals surface area contributed by atoms with Crippen molar-refractivity contribution in [3.63, 3.8) is 0 Å². The third kappa shape index (κ3) is 3.95. The van der Waals surface area contributed by atoms with Crippen LogP contribution in [0.3, 0.4) is 0 Å². The standard InChI is InChI=1S/C23H20N4O5/c1-15-3-6-19(26(15)17-9-11-20(32-2)12-10-17)13-21-22(28)25(23(29)24-21)14-16-4-7-18(8-5-16)27(30)31/h3-13H,14H2,1-2H3,(H,24,29)/b21-13-. The largest absolute Gasteiger partial charge is 0.497 e. The Morgan fingerprint density at radius 2 is 1.72 bits per heavy atom. The number of benzene rings is 2. The maximum Gasteiger partial charge on any atom is 0.329 e. The van der Waals surface area contributed by atoms with E-state index in [1.807, 2.05) is 47.9 Å². The Labute approximate surface area is 183 Å². The molecule has 0 atom stereocenters. The Hall–Kier alpha value is -4.40. The quantitative estimate of drug-likeness (QED) is 0.276. The first-order valence-corrected chi connectivity index (χ1v) is 9.78. The molecule has 0 unspecified atom stereocenters. The van der Waals surface area contributed by atoms with E-state index in [-0.39, 0.29) is 17.9 Å². The molecule has 1 saturated heterocycles. The number of carbonyl (C=O) groups excluding carboxylic acids is 2. The van der Waals surface area contributed by atoms with Gasteiger partial charge in [-0.25, -0.2) is 4.79 Å². The first-order valence-electron chi connectivity index (χ1n) is 9.78. The van der Waals surface area contributed by atoms with Gasteiger partial charge in [0.05, 0.1) is 18.6 Å². The number of rotatable bonds is 6. The molecule has 3 amide bonds. The molecule has 1 fully saturated rings. The first-order chi connectivity index (χ1) is 15.4. The maximum atomic E-state index is 12.9. The fourth-order valence-electron chi connectivity index (χ4n) is 3.52.